The van der Waals surface area contributed by atoms with Gasteiger partial charge in [-0.25, -0.2) is 4.39 Å². The van der Waals surface area contributed by atoms with Gasteiger partial charge in [-0.1, -0.05) is 24.6 Å². The van der Waals surface area contributed by atoms with Crippen LogP contribution in [-0.4, -0.2) is 25.3 Å². The van der Waals surface area contributed by atoms with Crippen LogP contribution in [0.15, 0.2) is 18.2 Å². The van der Waals surface area contributed by atoms with Crippen molar-refractivity contribution in [1.82, 2.24) is 5.32 Å². The van der Waals surface area contributed by atoms with Crippen LogP contribution >= 0.6 is 11.6 Å². The summed E-state index contributed by atoms with van der Waals surface area (Å²) in [6.07, 6.45) is 1.89. The molecular formula is C15H23ClFNO. The molecule has 0 aliphatic heterocycles. The van der Waals surface area contributed by atoms with Crippen LogP contribution in [0.3, 0.4) is 0 Å². The van der Waals surface area contributed by atoms with E-state index in [2.05, 4.69) is 12.2 Å². The molecule has 2 atom stereocenters. The topological polar surface area (TPSA) is 21.3 Å². The summed E-state index contributed by atoms with van der Waals surface area (Å²) in [5, 5.41) is 3.95. The Morgan fingerprint density at radius 2 is 2.11 bits per heavy atom. The molecule has 2 nitrogen and oxygen atoms in total. The summed E-state index contributed by atoms with van der Waals surface area (Å²) < 4.78 is 18.7. The molecule has 0 radical (unpaired) electrons. The minimum Gasteiger partial charge on any atom is -0.377 e. The Balaban J connectivity index is 2.74. The maximum Gasteiger partial charge on any atom is 0.124 e. The van der Waals surface area contributed by atoms with Gasteiger partial charge < -0.3 is 10.1 Å². The Hall–Kier alpha value is -0.640. The Morgan fingerprint density at radius 1 is 1.37 bits per heavy atom. The molecule has 0 heterocycles. The second-order valence-electron chi connectivity index (χ2n) is 4.66. The summed E-state index contributed by atoms with van der Waals surface area (Å²) in [7, 11) is 0. The largest absolute Gasteiger partial charge is 0.377 e. The number of rotatable bonds is 8. The number of halogens is 2. The molecule has 0 amide bonds. The molecule has 0 aliphatic rings. The highest BCUT2D eigenvalue weighted by molar-refractivity contribution is 6.31. The first-order chi connectivity index (χ1) is 9.08. The van der Waals surface area contributed by atoms with Gasteiger partial charge in [0, 0.05) is 17.7 Å². The van der Waals surface area contributed by atoms with Gasteiger partial charge in [0.15, 0.2) is 0 Å². The minimum absolute atomic E-state index is 0.0951. The number of hydrogen-bond acceptors (Lipinski definition) is 2. The number of ether oxygens (including phenoxy) is 1. The number of benzene rings is 1. The summed E-state index contributed by atoms with van der Waals surface area (Å²) in [4.78, 5) is 0. The van der Waals surface area contributed by atoms with Crippen molar-refractivity contribution in [3.63, 3.8) is 0 Å². The Bertz CT molecular complexity index is 386. The lowest BCUT2D eigenvalue weighted by Gasteiger charge is -2.25. The number of hydrogen-bond donors (Lipinski definition) is 1. The molecule has 1 aromatic rings. The molecule has 108 valence electrons. The van der Waals surface area contributed by atoms with Crippen LogP contribution in [0.25, 0.3) is 0 Å². The summed E-state index contributed by atoms with van der Waals surface area (Å²) in [5.41, 5.74) is 0.947. The monoisotopic (exact) mass is 287 g/mol. The molecule has 4 heteroatoms. The fourth-order valence-corrected chi connectivity index (χ4v) is 2.28. The molecule has 1 aromatic carbocycles. The minimum atomic E-state index is -0.301. The maximum absolute atomic E-state index is 13.0. The highest BCUT2D eigenvalue weighted by Crippen LogP contribution is 2.20. The second kappa shape index (κ2) is 8.51. The van der Waals surface area contributed by atoms with Gasteiger partial charge in [-0.05, 0) is 50.9 Å². The smallest absolute Gasteiger partial charge is 0.124 e. The van der Waals surface area contributed by atoms with Crippen molar-refractivity contribution in [2.45, 2.75) is 45.8 Å². The standard InChI is InChI=1S/C15H23ClFNO/c1-4-8-18-15(11(3)19-5-2)9-12-6-7-13(17)10-14(12)16/h6-7,10-11,15,18H,4-5,8-9H2,1-3H3. The molecule has 0 aromatic heterocycles. The van der Waals surface area contributed by atoms with Gasteiger partial charge >= 0.3 is 0 Å². The lowest BCUT2D eigenvalue weighted by Crippen LogP contribution is -2.42. The van der Waals surface area contributed by atoms with Gasteiger partial charge in [-0.3, -0.25) is 0 Å². The zero-order valence-electron chi connectivity index (χ0n) is 11.9. The Kier molecular flexibility index (Phi) is 7.36. The van der Waals surface area contributed by atoms with Gasteiger partial charge in [0.25, 0.3) is 0 Å². The molecule has 0 fully saturated rings. The van der Waals surface area contributed by atoms with E-state index in [1.165, 1.54) is 12.1 Å². The third-order valence-corrected chi connectivity index (χ3v) is 3.46. The van der Waals surface area contributed by atoms with Crippen molar-refractivity contribution >= 4 is 11.6 Å². The van der Waals surface area contributed by atoms with Crippen molar-refractivity contribution in [1.29, 1.82) is 0 Å². The SMILES string of the molecule is CCCNC(Cc1ccc(F)cc1Cl)C(C)OCC. The van der Waals surface area contributed by atoms with E-state index in [-0.39, 0.29) is 18.0 Å². The Morgan fingerprint density at radius 3 is 2.68 bits per heavy atom. The van der Waals surface area contributed by atoms with Crippen LogP contribution in [0, 0.1) is 5.82 Å². The first kappa shape index (κ1) is 16.4. The van der Waals surface area contributed by atoms with E-state index in [4.69, 9.17) is 16.3 Å². The maximum atomic E-state index is 13.0. The first-order valence-electron chi connectivity index (χ1n) is 6.87. The third-order valence-electron chi connectivity index (χ3n) is 3.11. The predicted octanol–water partition coefficient (Wildman–Crippen LogP) is 3.81. The summed E-state index contributed by atoms with van der Waals surface area (Å²) in [5.74, 6) is -0.301. The Labute approximate surface area is 120 Å². The predicted molar refractivity (Wildman–Crippen MR) is 78.3 cm³/mol. The number of nitrogens with one attached hydrogen (secondary N) is 1. The molecular weight excluding hydrogens is 265 g/mol. The average molecular weight is 288 g/mol. The molecule has 1 rings (SSSR count). The van der Waals surface area contributed by atoms with Crippen molar-refractivity contribution in [2.75, 3.05) is 13.2 Å². The van der Waals surface area contributed by atoms with Crippen molar-refractivity contribution < 1.29 is 9.13 Å². The van der Waals surface area contributed by atoms with Gasteiger partial charge in [-0.2, -0.15) is 0 Å². The highest BCUT2D eigenvalue weighted by atomic mass is 35.5. The van der Waals surface area contributed by atoms with Crippen LogP contribution in [0.4, 0.5) is 4.39 Å². The molecule has 2 unspecified atom stereocenters. The van der Waals surface area contributed by atoms with Crippen LogP contribution in [-0.2, 0) is 11.2 Å². The van der Waals surface area contributed by atoms with Gasteiger partial charge in [0.2, 0.25) is 0 Å². The van der Waals surface area contributed by atoms with E-state index in [0.717, 1.165) is 24.9 Å². The summed E-state index contributed by atoms with van der Waals surface area (Å²) in [6, 6.07) is 4.74. The fourth-order valence-electron chi connectivity index (χ4n) is 2.04. The van der Waals surface area contributed by atoms with E-state index in [1.54, 1.807) is 6.07 Å². The van der Waals surface area contributed by atoms with E-state index >= 15 is 0 Å². The molecule has 0 spiro atoms. The van der Waals surface area contributed by atoms with Crippen molar-refractivity contribution in [3.05, 3.63) is 34.6 Å². The zero-order chi connectivity index (χ0) is 14.3. The van der Waals surface area contributed by atoms with Crippen LogP contribution < -0.4 is 5.32 Å². The normalized spacial score (nSPS) is 14.4. The highest BCUT2D eigenvalue weighted by Gasteiger charge is 2.18. The van der Waals surface area contributed by atoms with Crippen LogP contribution in [0.1, 0.15) is 32.8 Å². The quantitative estimate of drug-likeness (QED) is 0.785. The molecule has 19 heavy (non-hydrogen) atoms. The third kappa shape index (κ3) is 5.47. The van der Waals surface area contributed by atoms with E-state index in [9.17, 15) is 4.39 Å². The lowest BCUT2D eigenvalue weighted by atomic mass is 10.0. The van der Waals surface area contributed by atoms with E-state index in [1.807, 2.05) is 13.8 Å². The van der Waals surface area contributed by atoms with Crippen molar-refractivity contribution in [3.8, 4) is 0 Å². The molecule has 0 bridgehead atoms. The average Bonchev–Trinajstić information content (AvgIpc) is 2.37. The fraction of sp³-hybridized carbons (Fsp3) is 0.600. The summed E-state index contributed by atoms with van der Waals surface area (Å²) >= 11 is 6.08. The molecule has 1 N–H and O–H groups in total. The van der Waals surface area contributed by atoms with Crippen LogP contribution in [0.5, 0.6) is 0 Å². The molecule has 0 saturated heterocycles. The van der Waals surface area contributed by atoms with Gasteiger partial charge in [-0.15, -0.1) is 0 Å². The van der Waals surface area contributed by atoms with Gasteiger partial charge in [0.1, 0.15) is 5.82 Å². The molecule has 0 saturated carbocycles. The van der Waals surface area contributed by atoms with Crippen molar-refractivity contribution in [2.24, 2.45) is 0 Å². The lowest BCUT2D eigenvalue weighted by molar-refractivity contribution is 0.0476. The first-order valence-corrected chi connectivity index (χ1v) is 7.25. The van der Waals surface area contributed by atoms with E-state index in [0.29, 0.717) is 11.6 Å². The molecule has 0 aliphatic carbocycles. The van der Waals surface area contributed by atoms with E-state index < -0.39 is 0 Å². The van der Waals surface area contributed by atoms with Crippen LogP contribution in [0.2, 0.25) is 5.02 Å². The zero-order valence-corrected chi connectivity index (χ0v) is 12.6. The second-order valence-corrected chi connectivity index (χ2v) is 5.07. The summed E-state index contributed by atoms with van der Waals surface area (Å²) in [6.45, 7) is 7.77. The van der Waals surface area contributed by atoms with Gasteiger partial charge in [0.05, 0.1) is 6.10 Å².